The summed E-state index contributed by atoms with van der Waals surface area (Å²) in [5, 5.41) is 5.53. The van der Waals surface area contributed by atoms with Crippen molar-refractivity contribution in [2.45, 2.75) is 0 Å². The van der Waals surface area contributed by atoms with E-state index < -0.39 is 0 Å². The second-order valence-electron chi connectivity index (χ2n) is 3.69. The SMILES string of the molecule is C=CCNC(=O)c1ccc(Cl)c(C(=O)NCC=C)c1. The summed E-state index contributed by atoms with van der Waals surface area (Å²) in [6.45, 7) is 7.71. The summed E-state index contributed by atoms with van der Waals surface area (Å²) in [5.74, 6) is -0.627. The van der Waals surface area contributed by atoms with Crippen LogP contribution in [0.4, 0.5) is 0 Å². The molecule has 2 N–H and O–H groups in total. The van der Waals surface area contributed by atoms with Gasteiger partial charge >= 0.3 is 0 Å². The zero-order valence-electron chi connectivity index (χ0n) is 10.4. The Morgan fingerprint density at radius 2 is 1.68 bits per heavy atom. The average Bonchev–Trinajstić information content (AvgIpc) is 2.42. The minimum absolute atomic E-state index is 0.259. The van der Waals surface area contributed by atoms with E-state index in [4.69, 9.17) is 11.6 Å². The molecule has 100 valence electrons. The number of carbonyl (C=O) groups is 2. The van der Waals surface area contributed by atoms with Crippen molar-refractivity contribution in [3.05, 3.63) is 59.7 Å². The number of benzene rings is 1. The van der Waals surface area contributed by atoms with E-state index in [2.05, 4.69) is 23.8 Å². The molecule has 5 heteroatoms. The van der Waals surface area contributed by atoms with Crippen molar-refractivity contribution >= 4 is 23.4 Å². The first-order valence-electron chi connectivity index (χ1n) is 5.68. The van der Waals surface area contributed by atoms with Crippen molar-refractivity contribution in [1.29, 1.82) is 0 Å². The lowest BCUT2D eigenvalue weighted by atomic mass is 10.1. The second kappa shape index (κ2) is 7.38. The van der Waals surface area contributed by atoms with Crippen LogP contribution in [0.2, 0.25) is 5.02 Å². The first-order chi connectivity index (χ1) is 9.10. The van der Waals surface area contributed by atoms with Gasteiger partial charge in [-0.15, -0.1) is 13.2 Å². The fourth-order valence-corrected chi connectivity index (χ4v) is 1.57. The summed E-state index contributed by atoms with van der Waals surface area (Å²) in [6.07, 6.45) is 3.14. The van der Waals surface area contributed by atoms with E-state index in [0.29, 0.717) is 23.7 Å². The molecule has 0 saturated heterocycles. The monoisotopic (exact) mass is 278 g/mol. The number of amides is 2. The molecule has 1 aromatic carbocycles. The van der Waals surface area contributed by atoms with Crippen molar-refractivity contribution in [1.82, 2.24) is 10.6 Å². The zero-order chi connectivity index (χ0) is 14.3. The molecule has 0 aromatic heterocycles. The number of rotatable bonds is 6. The maximum absolute atomic E-state index is 11.8. The maximum Gasteiger partial charge on any atom is 0.253 e. The van der Waals surface area contributed by atoms with Gasteiger partial charge in [-0.3, -0.25) is 9.59 Å². The zero-order valence-corrected chi connectivity index (χ0v) is 11.2. The van der Waals surface area contributed by atoms with E-state index in [1.807, 2.05) is 0 Å². The molecule has 0 saturated carbocycles. The number of carbonyl (C=O) groups excluding carboxylic acids is 2. The molecule has 0 atom stereocenters. The van der Waals surface area contributed by atoms with Crippen LogP contribution < -0.4 is 10.6 Å². The van der Waals surface area contributed by atoms with Crippen LogP contribution in [0.3, 0.4) is 0 Å². The van der Waals surface area contributed by atoms with Crippen LogP contribution in [0.5, 0.6) is 0 Å². The van der Waals surface area contributed by atoms with Gasteiger partial charge in [0.25, 0.3) is 11.8 Å². The van der Waals surface area contributed by atoms with E-state index in [9.17, 15) is 9.59 Å². The fourth-order valence-electron chi connectivity index (χ4n) is 1.37. The van der Waals surface area contributed by atoms with Crippen LogP contribution in [0.15, 0.2) is 43.5 Å². The van der Waals surface area contributed by atoms with Gasteiger partial charge in [-0.05, 0) is 18.2 Å². The van der Waals surface area contributed by atoms with Crippen molar-refractivity contribution in [2.24, 2.45) is 0 Å². The lowest BCUT2D eigenvalue weighted by Crippen LogP contribution is -2.26. The molecule has 0 aliphatic rings. The summed E-state index contributed by atoms with van der Waals surface area (Å²) in [6, 6.07) is 4.54. The van der Waals surface area contributed by atoms with E-state index in [1.165, 1.54) is 12.1 Å². The van der Waals surface area contributed by atoms with Gasteiger partial charge in [0.1, 0.15) is 0 Å². The van der Waals surface area contributed by atoms with Gasteiger partial charge in [0.15, 0.2) is 0 Å². The van der Waals surface area contributed by atoms with Crippen LogP contribution in [0, 0.1) is 0 Å². The van der Waals surface area contributed by atoms with Crippen LogP contribution in [-0.2, 0) is 0 Å². The predicted octanol–water partition coefficient (Wildman–Crippen LogP) is 2.17. The van der Waals surface area contributed by atoms with Gasteiger partial charge in [-0.1, -0.05) is 23.8 Å². The Balaban J connectivity index is 2.93. The van der Waals surface area contributed by atoms with Gasteiger partial charge in [-0.2, -0.15) is 0 Å². The highest BCUT2D eigenvalue weighted by Crippen LogP contribution is 2.17. The van der Waals surface area contributed by atoms with Crippen LogP contribution in [0.1, 0.15) is 20.7 Å². The van der Waals surface area contributed by atoms with Crippen LogP contribution in [0.25, 0.3) is 0 Å². The summed E-state index contributed by atoms with van der Waals surface area (Å²) < 4.78 is 0. The van der Waals surface area contributed by atoms with Gasteiger partial charge in [0.05, 0.1) is 10.6 Å². The second-order valence-corrected chi connectivity index (χ2v) is 4.10. The molecular weight excluding hydrogens is 264 g/mol. The van der Waals surface area contributed by atoms with Gasteiger partial charge in [-0.25, -0.2) is 0 Å². The molecule has 0 fully saturated rings. The van der Waals surface area contributed by atoms with E-state index >= 15 is 0 Å². The highest BCUT2D eigenvalue weighted by Gasteiger charge is 2.13. The molecule has 0 heterocycles. The lowest BCUT2D eigenvalue weighted by molar-refractivity contribution is 0.0957. The quantitative estimate of drug-likeness (QED) is 0.784. The minimum atomic E-state index is -0.344. The molecule has 1 rings (SSSR count). The molecule has 0 unspecified atom stereocenters. The molecule has 0 bridgehead atoms. The normalized spacial score (nSPS) is 9.53. The molecule has 0 aliphatic carbocycles. The fraction of sp³-hybridized carbons (Fsp3) is 0.143. The number of halogens is 1. The summed E-state index contributed by atoms with van der Waals surface area (Å²) >= 11 is 5.94. The largest absolute Gasteiger partial charge is 0.349 e. The molecule has 0 radical (unpaired) electrons. The third-order valence-electron chi connectivity index (χ3n) is 2.29. The number of nitrogens with one attached hydrogen (secondary N) is 2. The van der Waals surface area contributed by atoms with Crippen LogP contribution in [-0.4, -0.2) is 24.9 Å². The number of hydrogen-bond donors (Lipinski definition) is 2. The first kappa shape index (κ1) is 15.0. The van der Waals surface area contributed by atoms with E-state index in [1.54, 1.807) is 18.2 Å². The smallest absolute Gasteiger partial charge is 0.253 e. The van der Waals surface area contributed by atoms with Crippen molar-refractivity contribution in [3.8, 4) is 0 Å². The van der Waals surface area contributed by atoms with Crippen molar-refractivity contribution in [2.75, 3.05) is 13.1 Å². The lowest BCUT2D eigenvalue weighted by Gasteiger charge is -2.07. The van der Waals surface area contributed by atoms with E-state index in [0.717, 1.165) is 0 Å². The maximum atomic E-state index is 11.8. The third kappa shape index (κ3) is 4.26. The topological polar surface area (TPSA) is 58.2 Å². The molecule has 0 aliphatic heterocycles. The summed E-state index contributed by atoms with van der Waals surface area (Å²) in [7, 11) is 0. The molecule has 19 heavy (non-hydrogen) atoms. The Labute approximate surface area is 117 Å². The Morgan fingerprint density at radius 3 is 2.26 bits per heavy atom. The first-order valence-corrected chi connectivity index (χ1v) is 6.05. The van der Waals surface area contributed by atoms with Crippen LogP contribution >= 0.6 is 11.6 Å². The summed E-state index contributed by atoms with van der Waals surface area (Å²) in [4.78, 5) is 23.6. The Morgan fingerprint density at radius 1 is 1.11 bits per heavy atom. The third-order valence-corrected chi connectivity index (χ3v) is 2.62. The van der Waals surface area contributed by atoms with Crippen molar-refractivity contribution in [3.63, 3.8) is 0 Å². The standard InChI is InChI=1S/C14H15ClN2O2/c1-3-7-16-13(18)10-5-6-12(15)11(9-10)14(19)17-8-4-2/h3-6,9H,1-2,7-8H2,(H,16,18)(H,17,19). The van der Waals surface area contributed by atoms with Gasteiger partial charge in [0, 0.05) is 18.7 Å². The number of hydrogen-bond acceptors (Lipinski definition) is 2. The van der Waals surface area contributed by atoms with E-state index in [-0.39, 0.29) is 17.4 Å². The predicted molar refractivity (Wildman–Crippen MR) is 76.5 cm³/mol. The van der Waals surface area contributed by atoms with Gasteiger partial charge < -0.3 is 10.6 Å². The van der Waals surface area contributed by atoms with Crippen molar-refractivity contribution < 1.29 is 9.59 Å². The van der Waals surface area contributed by atoms with Gasteiger partial charge in [0.2, 0.25) is 0 Å². The Kier molecular flexibility index (Phi) is 5.82. The average molecular weight is 279 g/mol. The summed E-state index contributed by atoms with van der Waals surface area (Å²) in [5.41, 5.74) is 0.629. The molecule has 4 nitrogen and oxygen atoms in total. The highest BCUT2D eigenvalue weighted by molar-refractivity contribution is 6.34. The molecule has 1 aromatic rings. The molecule has 2 amide bonds. The molecule has 0 spiro atoms. The minimum Gasteiger partial charge on any atom is -0.349 e. The molecular formula is C14H15ClN2O2. The Hall–Kier alpha value is -2.07. The highest BCUT2D eigenvalue weighted by atomic mass is 35.5. The Bertz CT molecular complexity index is 512.